The van der Waals surface area contributed by atoms with Crippen LogP contribution in [0.1, 0.15) is 37.0 Å². The normalized spacial score (nSPS) is 13.0. The van der Waals surface area contributed by atoms with E-state index in [4.69, 9.17) is 18.6 Å². The number of thiophene rings is 1. The summed E-state index contributed by atoms with van der Waals surface area (Å²) in [5.41, 5.74) is 3.19. The third-order valence-corrected chi connectivity index (χ3v) is 7.58. The van der Waals surface area contributed by atoms with Crippen LogP contribution in [-0.4, -0.2) is 82.6 Å². The van der Waals surface area contributed by atoms with Crippen molar-refractivity contribution >= 4 is 47.1 Å². The van der Waals surface area contributed by atoms with Gasteiger partial charge in [-0.15, -0.1) is 11.3 Å². The number of halogens is 1. The number of carbonyl (C=O) groups is 1. The molecule has 3 heterocycles. The molecule has 0 unspecified atom stereocenters. The van der Waals surface area contributed by atoms with E-state index < -0.39 is 19.2 Å². The van der Waals surface area contributed by atoms with E-state index in [2.05, 4.69) is 10.7 Å². The second-order valence-corrected chi connectivity index (χ2v) is 15.9. The number of nitrogens with zero attached hydrogens (tertiary/aromatic N) is 3. The van der Waals surface area contributed by atoms with Gasteiger partial charge in [0.15, 0.2) is 17.3 Å². The van der Waals surface area contributed by atoms with Crippen LogP contribution < -0.4 is 9.47 Å². The number of methoxy groups -OCH3 is 1. The summed E-state index contributed by atoms with van der Waals surface area (Å²) in [5.74, 6) is 1.26. The first-order valence-electron chi connectivity index (χ1n) is 12.4. The fourth-order valence-electron chi connectivity index (χ4n) is 4.02. The monoisotopic (exact) mass is 647 g/mol. The molecule has 2 aromatic heterocycles. The van der Waals surface area contributed by atoms with E-state index in [9.17, 15) is 21.6 Å². The Bertz CT molecular complexity index is 1600. The summed E-state index contributed by atoms with van der Waals surface area (Å²) in [5, 5.41) is 1.98. The average Bonchev–Trinajstić information content (AvgIpc) is 3.51. The number of aryl methyl sites for hydroxylation is 1. The van der Waals surface area contributed by atoms with Gasteiger partial charge in [0.25, 0.3) is 16.0 Å². The Morgan fingerprint density at radius 3 is 2.34 bits per heavy atom. The molecule has 1 aliphatic rings. The maximum Gasteiger partial charge on any atom is 0.290 e. The molecule has 0 aliphatic carbocycles. The van der Waals surface area contributed by atoms with Crippen LogP contribution in [0.25, 0.3) is 21.8 Å². The van der Waals surface area contributed by atoms with Crippen LogP contribution in [0, 0.1) is 0 Å². The molecule has 0 radical (unpaired) electrons. The Labute approximate surface area is 249 Å². The van der Waals surface area contributed by atoms with Crippen LogP contribution in [0.2, 0.25) is 0 Å². The van der Waals surface area contributed by atoms with Gasteiger partial charge in [0, 0.05) is 35.4 Å². The van der Waals surface area contributed by atoms with E-state index in [0.29, 0.717) is 30.3 Å². The Morgan fingerprint density at radius 2 is 1.80 bits per heavy atom. The lowest BCUT2D eigenvalue weighted by Gasteiger charge is -2.32. The minimum absolute atomic E-state index is 0.0272. The van der Waals surface area contributed by atoms with Crippen molar-refractivity contribution in [2.75, 3.05) is 39.9 Å². The van der Waals surface area contributed by atoms with E-state index in [0.717, 1.165) is 39.9 Å². The summed E-state index contributed by atoms with van der Waals surface area (Å²) < 4.78 is 59.5. The van der Waals surface area contributed by atoms with Gasteiger partial charge in [-0.2, -0.15) is 8.42 Å². The topological polar surface area (TPSA) is 134 Å². The third kappa shape index (κ3) is 8.67. The Kier molecular flexibility index (Phi) is 10.2. The number of carbonyl (C=O) groups excluding carboxylic acids is 1. The summed E-state index contributed by atoms with van der Waals surface area (Å²) in [6, 6.07) is 7.76. The molecule has 0 atom stereocenters. The highest BCUT2D eigenvalue weighted by atomic mass is 35.7. The lowest BCUT2D eigenvalue weighted by Crippen LogP contribution is -2.43. The smallest absolute Gasteiger partial charge is 0.290 e. The molecule has 0 bridgehead atoms. The fraction of sp³-hybridized carbons (Fsp3) is 0.462. The number of benzene rings is 1. The highest BCUT2D eigenvalue weighted by molar-refractivity contribution is 8.13. The molecule has 1 aromatic carbocycles. The predicted octanol–water partition coefficient (Wildman–Crippen LogP) is 4.25. The fourth-order valence-corrected chi connectivity index (χ4v) is 5.10. The SMILES string of the molecule is COc1cc2c(cc1OCCOS(C)(=O)=O)-c1c(-c3cccs3)nc(C(=O)N(C)C(C)(C)C)n1CC2.CS(=O)(=O)Cl. The van der Waals surface area contributed by atoms with Crippen molar-refractivity contribution in [3.63, 3.8) is 0 Å². The first kappa shape index (κ1) is 32.9. The zero-order valence-corrected chi connectivity index (χ0v) is 27.1. The molecule has 226 valence electrons. The summed E-state index contributed by atoms with van der Waals surface area (Å²) in [7, 11) is 1.10. The highest BCUT2D eigenvalue weighted by Gasteiger charge is 2.33. The molecule has 1 amide bonds. The van der Waals surface area contributed by atoms with Gasteiger partial charge >= 0.3 is 0 Å². The minimum atomic E-state index is -3.56. The summed E-state index contributed by atoms with van der Waals surface area (Å²) in [6.07, 6.45) is 2.61. The lowest BCUT2D eigenvalue weighted by molar-refractivity contribution is 0.0638. The summed E-state index contributed by atoms with van der Waals surface area (Å²) in [6.45, 7) is 6.48. The Balaban J connectivity index is 0.000000850. The standard InChI is InChI=1S/C25H31N3O6S2.CH3ClO2S/c1-25(2,3)27(4)24(29)23-26-21(20-8-7-13-35-20)22-17-15-19(33-11-12-34-36(6,30)31)18(32-5)14-16(17)9-10-28(22)23;1-5(2,3)4/h7-8,13-15H,9-12H2,1-6H3;1H3. The molecule has 4 rings (SSSR count). The van der Waals surface area contributed by atoms with Crippen molar-refractivity contribution in [2.45, 2.75) is 39.3 Å². The molecule has 0 fully saturated rings. The van der Waals surface area contributed by atoms with E-state index >= 15 is 0 Å². The van der Waals surface area contributed by atoms with Crippen molar-refractivity contribution in [2.24, 2.45) is 0 Å². The first-order valence-corrected chi connectivity index (χ1v) is 17.8. The average molecular weight is 648 g/mol. The highest BCUT2D eigenvalue weighted by Crippen LogP contribution is 2.44. The van der Waals surface area contributed by atoms with Crippen LogP contribution in [0.4, 0.5) is 0 Å². The molecule has 1 aliphatic heterocycles. The molecule has 0 spiro atoms. The van der Waals surface area contributed by atoms with Gasteiger partial charge in [0.1, 0.15) is 18.9 Å². The van der Waals surface area contributed by atoms with Crippen LogP contribution in [-0.2, 0) is 36.3 Å². The van der Waals surface area contributed by atoms with Gasteiger partial charge in [-0.25, -0.2) is 13.4 Å². The molecule has 0 saturated carbocycles. The maximum absolute atomic E-state index is 13.5. The van der Waals surface area contributed by atoms with Gasteiger partial charge in [-0.05, 0) is 56.3 Å². The van der Waals surface area contributed by atoms with Gasteiger partial charge in [0.2, 0.25) is 9.05 Å². The first-order chi connectivity index (χ1) is 18.9. The molecule has 15 heteroatoms. The quantitative estimate of drug-likeness (QED) is 0.200. The van der Waals surface area contributed by atoms with E-state index in [-0.39, 0.29) is 24.7 Å². The third-order valence-electron chi connectivity index (χ3n) is 6.11. The number of aromatic nitrogens is 2. The van der Waals surface area contributed by atoms with E-state index in [1.165, 1.54) is 0 Å². The second-order valence-electron chi connectivity index (χ2n) is 10.3. The number of hydrogen-bond acceptors (Lipinski definition) is 10. The molecule has 41 heavy (non-hydrogen) atoms. The van der Waals surface area contributed by atoms with Crippen LogP contribution in [0.15, 0.2) is 29.6 Å². The summed E-state index contributed by atoms with van der Waals surface area (Å²) in [4.78, 5) is 21.1. The zero-order valence-electron chi connectivity index (χ0n) is 23.9. The number of ether oxygens (including phenoxy) is 2. The van der Waals surface area contributed by atoms with Crippen molar-refractivity contribution in [1.82, 2.24) is 14.5 Å². The van der Waals surface area contributed by atoms with Crippen molar-refractivity contribution in [3.05, 3.63) is 41.0 Å². The summed E-state index contributed by atoms with van der Waals surface area (Å²) >= 11 is 1.56. The largest absolute Gasteiger partial charge is 0.493 e. The van der Waals surface area contributed by atoms with Crippen molar-refractivity contribution < 1.29 is 35.3 Å². The van der Waals surface area contributed by atoms with Crippen molar-refractivity contribution in [3.8, 4) is 33.3 Å². The number of imidazole rings is 1. The van der Waals surface area contributed by atoms with Crippen LogP contribution in [0.5, 0.6) is 11.5 Å². The zero-order chi connectivity index (χ0) is 30.8. The molecule has 0 saturated heterocycles. The molecule has 0 N–H and O–H groups in total. The number of hydrogen-bond donors (Lipinski definition) is 0. The van der Waals surface area contributed by atoms with Crippen molar-refractivity contribution in [1.29, 1.82) is 0 Å². The van der Waals surface area contributed by atoms with Crippen LogP contribution >= 0.6 is 22.0 Å². The Morgan fingerprint density at radius 1 is 1.15 bits per heavy atom. The second kappa shape index (κ2) is 12.7. The predicted molar refractivity (Wildman–Crippen MR) is 160 cm³/mol. The van der Waals surface area contributed by atoms with Gasteiger partial charge in [-0.3, -0.25) is 8.98 Å². The number of rotatable bonds is 8. The van der Waals surface area contributed by atoms with Gasteiger partial charge in [0.05, 0.1) is 30.2 Å². The van der Waals surface area contributed by atoms with Crippen LogP contribution in [0.3, 0.4) is 0 Å². The molecular weight excluding hydrogens is 614 g/mol. The maximum atomic E-state index is 13.5. The lowest BCUT2D eigenvalue weighted by atomic mass is 9.96. The van der Waals surface area contributed by atoms with E-state index in [1.54, 1.807) is 30.4 Å². The van der Waals surface area contributed by atoms with Gasteiger partial charge in [-0.1, -0.05) is 6.07 Å². The van der Waals surface area contributed by atoms with E-state index in [1.807, 2.05) is 55.0 Å². The minimum Gasteiger partial charge on any atom is -0.493 e. The Hall–Kier alpha value is -2.65. The molecular formula is C26H34ClN3O8S3. The van der Waals surface area contributed by atoms with Gasteiger partial charge < -0.3 is 18.9 Å². The molecule has 11 nitrogen and oxygen atoms in total. The number of fused-ring (bicyclic) bond motifs is 3. The number of amides is 1. The molecule has 3 aromatic rings.